The number of thiocarbonyl (C=S) groups is 1. The molecule has 0 spiro atoms. The van der Waals surface area contributed by atoms with Gasteiger partial charge in [-0.25, -0.2) is 0 Å². The highest BCUT2D eigenvalue weighted by atomic mass is 32.3. The molecule has 8 heteroatoms. The summed E-state index contributed by atoms with van der Waals surface area (Å²) in [6.07, 6.45) is 4.28. The Morgan fingerprint density at radius 2 is 1.72 bits per heavy atom. The fraction of sp³-hybridized carbons (Fsp3) is 0.300. The van der Waals surface area contributed by atoms with Gasteiger partial charge < -0.3 is 5.32 Å². The number of nitrogens with one attached hydrogen (secondary N) is 1. The van der Waals surface area contributed by atoms with E-state index in [1.807, 2.05) is 54.1 Å². The summed E-state index contributed by atoms with van der Waals surface area (Å²) in [5.41, 5.74) is 0. The largest absolute Gasteiger partial charge is 0.378 e. The van der Waals surface area contributed by atoms with Crippen LogP contribution >= 0.6 is 82.8 Å². The van der Waals surface area contributed by atoms with Crippen molar-refractivity contribution in [1.82, 2.24) is 5.32 Å². The molecule has 0 saturated heterocycles. The van der Waals surface area contributed by atoms with Crippen molar-refractivity contribution in [2.75, 3.05) is 19.6 Å². The second kappa shape index (κ2) is 7.28. The van der Waals surface area contributed by atoms with E-state index in [0.29, 0.717) is 0 Å². The van der Waals surface area contributed by atoms with Gasteiger partial charge in [0.2, 0.25) is 0 Å². The summed E-state index contributed by atoms with van der Waals surface area (Å²) in [6, 6.07) is 0. The van der Waals surface area contributed by atoms with Gasteiger partial charge in [-0.05, 0) is 17.9 Å². The van der Waals surface area contributed by atoms with Crippen LogP contribution < -0.4 is 5.32 Å². The van der Waals surface area contributed by atoms with Gasteiger partial charge in [-0.1, -0.05) is 59.3 Å². The van der Waals surface area contributed by atoms with E-state index < -0.39 is 0 Å². The number of thioether (sulfide) groups is 6. The Morgan fingerprint density at radius 3 is 2.22 bits per heavy atom. The number of hydrogen-bond acceptors (Lipinski definition) is 7. The van der Waals surface area contributed by atoms with E-state index in [1.54, 1.807) is 23.5 Å². The molecule has 0 aromatic carbocycles. The fourth-order valence-corrected chi connectivity index (χ4v) is 8.97. The monoisotopic (exact) mass is 369 g/mol. The first-order valence-corrected chi connectivity index (χ1v) is 11.1. The predicted molar refractivity (Wildman–Crippen MR) is 101 cm³/mol. The molecule has 98 valence electrons. The molecule has 0 aliphatic carbocycles. The van der Waals surface area contributed by atoms with Gasteiger partial charge in [0, 0.05) is 7.05 Å². The molecule has 0 unspecified atom stereocenters. The SMILES string of the molecule is CNC(=S)C1=CSC(=C2SC(SC)=C(SC)S2)S1. The fourth-order valence-electron chi connectivity index (χ4n) is 1.17. The summed E-state index contributed by atoms with van der Waals surface area (Å²) in [4.78, 5) is 1.99. The lowest BCUT2D eigenvalue weighted by atomic mass is 10.6. The molecule has 2 rings (SSSR count). The summed E-state index contributed by atoms with van der Waals surface area (Å²) >= 11 is 16.3. The van der Waals surface area contributed by atoms with Crippen molar-refractivity contribution in [1.29, 1.82) is 0 Å². The van der Waals surface area contributed by atoms with Crippen LogP contribution in [0, 0.1) is 0 Å². The highest BCUT2D eigenvalue weighted by Gasteiger charge is 2.26. The molecule has 1 nitrogen and oxygen atoms in total. The Hall–Kier alpha value is 1.21. The predicted octanol–water partition coefficient (Wildman–Crippen LogP) is 5.31. The zero-order valence-electron chi connectivity index (χ0n) is 9.94. The average molecular weight is 370 g/mol. The topological polar surface area (TPSA) is 12.0 Å². The molecule has 0 amide bonds. The Kier molecular flexibility index (Phi) is 6.31. The molecule has 0 aromatic rings. The van der Waals surface area contributed by atoms with Crippen LogP contribution in [0.1, 0.15) is 0 Å². The van der Waals surface area contributed by atoms with Gasteiger partial charge in [-0.15, -0.1) is 23.5 Å². The highest BCUT2D eigenvalue weighted by Crippen LogP contribution is 2.61. The van der Waals surface area contributed by atoms with Crippen LogP contribution in [0.3, 0.4) is 0 Å². The minimum atomic E-state index is 0.833. The Bertz CT molecular complexity index is 445. The molecular formula is C10H11NS7. The van der Waals surface area contributed by atoms with E-state index in [0.717, 1.165) is 9.89 Å². The molecule has 0 atom stereocenters. The molecule has 0 aromatic heterocycles. The molecular weight excluding hydrogens is 359 g/mol. The molecule has 0 radical (unpaired) electrons. The molecule has 0 saturated carbocycles. The summed E-state index contributed by atoms with van der Waals surface area (Å²) in [5.74, 6) is 0. The normalized spacial score (nSPS) is 19.6. The van der Waals surface area contributed by atoms with Gasteiger partial charge >= 0.3 is 0 Å². The van der Waals surface area contributed by atoms with Gasteiger partial charge in [0.1, 0.15) is 4.99 Å². The van der Waals surface area contributed by atoms with Crippen molar-refractivity contribution in [2.24, 2.45) is 0 Å². The van der Waals surface area contributed by atoms with Gasteiger partial charge in [0.05, 0.1) is 21.9 Å². The van der Waals surface area contributed by atoms with Crippen LogP contribution in [0.2, 0.25) is 0 Å². The summed E-state index contributed by atoms with van der Waals surface area (Å²) < 4.78 is 5.58. The van der Waals surface area contributed by atoms with Gasteiger partial charge in [0.15, 0.2) is 0 Å². The molecule has 1 N–H and O–H groups in total. The molecule has 2 aliphatic heterocycles. The first kappa shape index (κ1) is 15.6. The summed E-state index contributed by atoms with van der Waals surface area (Å²) in [5, 5.41) is 5.17. The Morgan fingerprint density at radius 1 is 1.11 bits per heavy atom. The van der Waals surface area contributed by atoms with Crippen molar-refractivity contribution in [3.05, 3.63) is 27.3 Å². The van der Waals surface area contributed by atoms with Crippen LogP contribution in [0.15, 0.2) is 27.3 Å². The van der Waals surface area contributed by atoms with Crippen LogP contribution in [0.5, 0.6) is 0 Å². The van der Waals surface area contributed by atoms with E-state index in [9.17, 15) is 0 Å². The van der Waals surface area contributed by atoms with Gasteiger partial charge in [-0.2, -0.15) is 0 Å². The van der Waals surface area contributed by atoms with E-state index in [1.165, 1.54) is 16.9 Å². The lowest BCUT2D eigenvalue weighted by molar-refractivity contribution is 1.21. The Balaban J connectivity index is 2.08. The minimum Gasteiger partial charge on any atom is -0.378 e. The van der Waals surface area contributed by atoms with E-state index >= 15 is 0 Å². The van der Waals surface area contributed by atoms with Crippen LogP contribution in [-0.4, -0.2) is 24.5 Å². The standard InChI is InChI=1S/C10H11NS7/c1-11-6(12)5-4-15-9(16-5)10-17-7(13-2)8(14-3)18-10/h4H,1-3H3,(H,11,12). The molecule has 2 aliphatic rings. The third kappa shape index (κ3) is 3.45. The highest BCUT2D eigenvalue weighted by molar-refractivity contribution is 8.42. The minimum absolute atomic E-state index is 0.833. The number of likely N-dealkylation sites (N-methyl/N-ethyl adjacent to an activating group) is 1. The lowest BCUT2D eigenvalue weighted by Crippen LogP contribution is -2.15. The van der Waals surface area contributed by atoms with Crippen LogP contribution in [0.25, 0.3) is 0 Å². The van der Waals surface area contributed by atoms with Crippen molar-refractivity contribution >= 4 is 87.8 Å². The second-order valence-electron chi connectivity index (χ2n) is 3.04. The second-order valence-corrected chi connectivity index (χ2v) is 10.1. The van der Waals surface area contributed by atoms with Crippen LogP contribution in [-0.2, 0) is 0 Å². The smallest absolute Gasteiger partial charge is 0.113 e. The zero-order valence-corrected chi connectivity index (χ0v) is 15.7. The van der Waals surface area contributed by atoms with E-state index in [-0.39, 0.29) is 0 Å². The third-order valence-corrected chi connectivity index (χ3v) is 10.7. The van der Waals surface area contributed by atoms with Crippen LogP contribution in [0.4, 0.5) is 0 Å². The van der Waals surface area contributed by atoms with Crippen molar-refractivity contribution < 1.29 is 0 Å². The van der Waals surface area contributed by atoms with Crippen molar-refractivity contribution in [3.63, 3.8) is 0 Å². The molecule has 0 fully saturated rings. The van der Waals surface area contributed by atoms with E-state index in [2.05, 4.69) is 23.2 Å². The first-order chi connectivity index (χ1) is 8.69. The summed E-state index contributed by atoms with van der Waals surface area (Å²) in [6.45, 7) is 0. The molecule has 0 bridgehead atoms. The van der Waals surface area contributed by atoms with Crippen molar-refractivity contribution in [2.45, 2.75) is 0 Å². The maximum atomic E-state index is 5.27. The quantitative estimate of drug-likeness (QED) is 0.663. The maximum Gasteiger partial charge on any atom is 0.113 e. The molecule has 2 heterocycles. The third-order valence-electron chi connectivity index (χ3n) is 2.00. The lowest BCUT2D eigenvalue weighted by Gasteiger charge is -2.04. The molecule has 18 heavy (non-hydrogen) atoms. The number of rotatable bonds is 3. The first-order valence-electron chi connectivity index (χ1n) is 4.88. The van der Waals surface area contributed by atoms with E-state index in [4.69, 9.17) is 12.2 Å². The van der Waals surface area contributed by atoms with Gasteiger partial charge in [0.25, 0.3) is 0 Å². The average Bonchev–Trinajstić information content (AvgIpc) is 3.03. The van der Waals surface area contributed by atoms with Gasteiger partial charge in [-0.3, -0.25) is 0 Å². The summed E-state index contributed by atoms with van der Waals surface area (Å²) in [7, 11) is 1.87. The maximum absolute atomic E-state index is 5.27. The van der Waals surface area contributed by atoms with Crippen molar-refractivity contribution in [3.8, 4) is 0 Å². The zero-order chi connectivity index (χ0) is 13.1. The Labute approximate surface area is 139 Å². The number of hydrogen-bond donors (Lipinski definition) is 1.